The standard InChI is InChI=1S/C15H20FNO3S/c1-10(2)14(15(19)20-3)17-13(18)8-9-21-12-7-5-4-6-11(12)16/h4-7,10,14H,8-9H2,1-3H3,(H,17,18). The average molecular weight is 313 g/mol. The fraction of sp³-hybridized carbons (Fsp3) is 0.467. The predicted molar refractivity (Wildman–Crippen MR) is 80.5 cm³/mol. The third-order valence-corrected chi connectivity index (χ3v) is 3.91. The number of nitrogens with one attached hydrogen (secondary N) is 1. The van der Waals surface area contributed by atoms with Gasteiger partial charge in [-0.3, -0.25) is 4.79 Å². The van der Waals surface area contributed by atoms with E-state index in [2.05, 4.69) is 10.1 Å². The largest absolute Gasteiger partial charge is 0.467 e. The quantitative estimate of drug-likeness (QED) is 0.621. The molecule has 1 rings (SSSR count). The molecule has 0 aliphatic heterocycles. The zero-order valence-electron chi connectivity index (χ0n) is 12.4. The Kier molecular flexibility index (Phi) is 7.22. The second-order valence-corrected chi connectivity index (χ2v) is 5.98. The summed E-state index contributed by atoms with van der Waals surface area (Å²) in [5.74, 6) is -0.611. The molecular weight excluding hydrogens is 293 g/mol. The van der Waals surface area contributed by atoms with Crippen LogP contribution in [-0.4, -0.2) is 30.8 Å². The lowest BCUT2D eigenvalue weighted by molar-refractivity contribution is -0.146. The van der Waals surface area contributed by atoms with Gasteiger partial charge in [0.2, 0.25) is 5.91 Å². The highest BCUT2D eigenvalue weighted by Gasteiger charge is 2.24. The minimum atomic E-state index is -0.652. The lowest BCUT2D eigenvalue weighted by Gasteiger charge is -2.19. The number of amides is 1. The van der Waals surface area contributed by atoms with Crippen LogP contribution in [0.5, 0.6) is 0 Å². The Balaban J connectivity index is 2.43. The summed E-state index contributed by atoms with van der Waals surface area (Å²) in [5, 5.41) is 2.65. The van der Waals surface area contributed by atoms with E-state index in [9.17, 15) is 14.0 Å². The third-order valence-electron chi connectivity index (χ3n) is 2.86. The van der Waals surface area contributed by atoms with Crippen molar-refractivity contribution >= 4 is 23.6 Å². The molecule has 0 aliphatic rings. The monoisotopic (exact) mass is 313 g/mol. The van der Waals surface area contributed by atoms with Gasteiger partial charge in [0.1, 0.15) is 11.9 Å². The first-order valence-corrected chi connectivity index (χ1v) is 7.68. The summed E-state index contributed by atoms with van der Waals surface area (Å²) >= 11 is 1.27. The first-order chi connectivity index (χ1) is 9.95. The van der Waals surface area contributed by atoms with Crippen LogP contribution in [0.1, 0.15) is 20.3 Å². The van der Waals surface area contributed by atoms with Crippen LogP contribution in [0.3, 0.4) is 0 Å². The fourth-order valence-electron chi connectivity index (χ4n) is 1.69. The van der Waals surface area contributed by atoms with Crippen molar-refractivity contribution in [2.45, 2.75) is 31.2 Å². The smallest absolute Gasteiger partial charge is 0.328 e. The summed E-state index contributed by atoms with van der Waals surface area (Å²) in [6, 6.07) is 5.77. The Morgan fingerprint density at radius 3 is 2.57 bits per heavy atom. The molecule has 0 spiro atoms. The molecule has 0 saturated heterocycles. The van der Waals surface area contributed by atoms with E-state index in [0.717, 1.165) is 0 Å². The molecule has 1 unspecified atom stereocenters. The van der Waals surface area contributed by atoms with Crippen molar-refractivity contribution in [2.75, 3.05) is 12.9 Å². The van der Waals surface area contributed by atoms with Crippen LogP contribution in [-0.2, 0) is 14.3 Å². The van der Waals surface area contributed by atoms with Gasteiger partial charge in [0.05, 0.1) is 7.11 Å². The van der Waals surface area contributed by atoms with E-state index in [1.165, 1.54) is 24.9 Å². The number of esters is 1. The van der Waals surface area contributed by atoms with Crippen molar-refractivity contribution in [1.29, 1.82) is 0 Å². The van der Waals surface area contributed by atoms with Crippen molar-refractivity contribution in [3.63, 3.8) is 0 Å². The molecule has 116 valence electrons. The van der Waals surface area contributed by atoms with Crippen molar-refractivity contribution < 1.29 is 18.7 Å². The van der Waals surface area contributed by atoms with Crippen molar-refractivity contribution in [1.82, 2.24) is 5.32 Å². The molecule has 0 radical (unpaired) electrons. The molecule has 0 heterocycles. The number of carbonyl (C=O) groups is 2. The molecule has 1 aromatic rings. The van der Waals surface area contributed by atoms with Crippen LogP contribution >= 0.6 is 11.8 Å². The van der Waals surface area contributed by atoms with Gasteiger partial charge in [0.15, 0.2) is 0 Å². The Morgan fingerprint density at radius 1 is 1.33 bits per heavy atom. The number of ether oxygens (including phenoxy) is 1. The van der Waals surface area contributed by atoms with Gasteiger partial charge in [0.25, 0.3) is 0 Å². The van der Waals surface area contributed by atoms with E-state index in [0.29, 0.717) is 10.6 Å². The van der Waals surface area contributed by atoms with Crippen molar-refractivity contribution in [3.8, 4) is 0 Å². The minimum absolute atomic E-state index is 0.0550. The molecule has 0 saturated carbocycles. The van der Waals surface area contributed by atoms with Crippen LogP contribution in [0.4, 0.5) is 4.39 Å². The highest BCUT2D eigenvalue weighted by Crippen LogP contribution is 2.21. The number of rotatable bonds is 7. The molecule has 0 aromatic heterocycles. The first kappa shape index (κ1) is 17.5. The third kappa shape index (κ3) is 5.75. The molecule has 0 fully saturated rings. The number of thioether (sulfide) groups is 1. The van der Waals surface area contributed by atoms with E-state index >= 15 is 0 Å². The number of benzene rings is 1. The summed E-state index contributed by atoms with van der Waals surface area (Å²) in [4.78, 5) is 23.9. The Morgan fingerprint density at radius 2 is 2.00 bits per heavy atom. The maximum atomic E-state index is 13.4. The molecule has 0 bridgehead atoms. The normalized spacial score (nSPS) is 12.0. The van der Waals surface area contributed by atoms with Gasteiger partial charge in [-0.1, -0.05) is 26.0 Å². The van der Waals surface area contributed by atoms with Gasteiger partial charge in [0, 0.05) is 17.1 Å². The van der Waals surface area contributed by atoms with Crippen LogP contribution in [0.25, 0.3) is 0 Å². The molecular formula is C15H20FNO3S. The highest BCUT2D eigenvalue weighted by atomic mass is 32.2. The molecule has 6 heteroatoms. The van der Waals surface area contributed by atoms with Gasteiger partial charge in [-0.05, 0) is 18.1 Å². The van der Waals surface area contributed by atoms with Crippen LogP contribution in [0, 0.1) is 11.7 Å². The Labute approximate surface area is 128 Å². The lowest BCUT2D eigenvalue weighted by atomic mass is 10.0. The van der Waals surface area contributed by atoms with Gasteiger partial charge in [-0.2, -0.15) is 0 Å². The summed E-state index contributed by atoms with van der Waals surface area (Å²) in [6.07, 6.45) is 0.208. The summed E-state index contributed by atoms with van der Waals surface area (Å²) in [5.41, 5.74) is 0. The number of halogens is 1. The van der Waals surface area contributed by atoms with Gasteiger partial charge < -0.3 is 10.1 Å². The predicted octanol–water partition coefficient (Wildman–Crippen LogP) is 2.62. The molecule has 1 aromatic carbocycles. The van der Waals surface area contributed by atoms with Gasteiger partial charge in [-0.25, -0.2) is 9.18 Å². The topological polar surface area (TPSA) is 55.4 Å². The van der Waals surface area contributed by atoms with Crippen LogP contribution in [0.2, 0.25) is 0 Å². The number of carbonyl (C=O) groups excluding carboxylic acids is 2. The highest BCUT2D eigenvalue weighted by molar-refractivity contribution is 7.99. The summed E-state index contributed by atoms with van der Waals surface area (Å²) in [6.45, 7) is 3.66. The lowest BCUT2D eigenvalue weighted by Crippen LogP contribution is -2.45. The van der Waals surface area contributed by atoms with E-state index in [4.69, 9.17) is 0 Å². The van der Waals surface area contributed by atoms with E-state index in [-0.39, 0.29) is 24.1 Å². The van der Waals surface area contributed by atoms with E-state index in [1.54, 1.807) is 18.2 Å². The molecule has 1 amide bonds. The Hall–Kier alpha value is -1.56. The summed E-state index contributed by atoms with van der Waals surface area (Å²) < 4.78 is 18.1. The fourth-order valence-corrected chi connectivity index (χ4v) is 2.57. The molecule has 0 aliphatic carbocycles. The van der Waals surface area contributed by atoms with Crippen molar-refractivity contribution in [2.24, 2.45) is 5.92 Å². The van der Waals surface area contributed by atoms with Crippen molar-refractivity contribution in [3.05, 3.63) is 30.1 Å². The number of hydrogen-bond acceptors (Lipinski definition) is 4. The Bertz CT molecular complexity index is 494. The molecule has 21 heavy (non-hydrogen) atoms. The molecule has 4 nitrogen and oxygen atoms in total. The molecule has 1 N–H and O–H groups in total. The SMILES string of the molecule is COC(=O)C(NC(=O)CCSc1ccccc1F)C(C)C. The van der Waals surface area contributed by atoms with Crippen LogP contribution in [0.15, 0.2) is 29.2 Å². The zero-order valence-corrected chi connectivity index (χ0v) is 13.2. The maximum Gasteiger partial charge on any atom is 0.328 e. The number of hydrogen-bond donors (Lipinski definition) is 1. The minimum Gasteiger partial charge on any atom is -0.467 e. The van der Waals surface area contributed by atoms with Crippen LogP contribution < -0.4 is 5.32 Å². The first-order valence-electron chi connectivity index (χ1n) is 6.70. The molecule has 1 atom stereocenters. The maximum absolute atomic E-state index is 13.4. The second kappa shape index (κ2) is 8.67. The zero-order chi connectivity index (χ0) is 15.8. The van der Waals surface area contributed by atoms with E-state index in [1.807, 2.05) is 13.8 Å². The number of methoxy groups -OCH3 is 1. The summed E-state index contributed by atoms with van der Waals surface area (Å²) in [7, 11) is 1.29. The second-order valence-electron chi connectivity index (χ2n) is 4.84. The van der Waals surface area contributed by atoms with Gasteiger partial charge >= 0.3 is 5.97 Å². The average Bonchev–Trinajstić information content (AvgIpc) is 2.45. The van der Waals surface area contributed by atoms with E-state index < -0.39 is 12.0 Å². The van der Waals surface area contributed by atoms with Gasteiger partial charge in [-0.15, -0.1) is 11.8 Å².